The van der Waals surface area contributed by atoms with Crippen LogP contribution in [-0.2, 0) is 4.79 Å². The molecule has 1 N–H and O–H groups in total. The van der Waals surface area contributed by atoms with Crippen molar-refractivity contribution in [1.82, 2.24) is 15.2 Å². The SMILES string of the molecule is CC1CCN(C(=O)N[C@@H]2CCCN(c3cccnc3)C2=O)CC1. The molecule has 0 aromatic carbocycles. The predicted molar refractivity (Wildman–Crippen MR) is 88.1 cm³/mol. The van der Waals surface area contributed by atoms with Crippen LogP contribution in [0.4, 0.5) is 10.5 Å². The van der Waals surface area contributed by atoms with Crippen LogP contribution in [0.15, 0.2) is 24.5 Å². The lowest BCUT2D eigenvalue weighted by molar-refractivity contribution is -0.121. The number of nitrogens with zero attached hydrogens (tertiary/aromatic N) is 3. The third-order valence-electron chi connectivity index (χ3n) is 4.76. The average Bonchev–Trinajstić information content (AvgIpc) is 2.58. The van der Waals surface area contributed by atoms with E-state index in [9.17, 15) is 9.59 Å². The highest BCUT2D eigenvalue weighted by Gasteiger charge is 2.32. The Morgan fingerprint density at radius 2 is 2.04 bits per heavy atom. The highest BCUT2D eigenvalue weighted by molar-refractivity contribution is 5.99. The summed E-state index contributed by atoms with van der Waals surface area (Å²) in [6.45, 7) is 4.45. The average molecular weight is 316 g/mol. The molecule has 3 amide bonds. The molecule has 0 aliphatic carbocycles. The first kappa shape index (κ1) is 15.8. The zero-order valence-corrected chi connectivity index (χ0v) is 13.6. The van der Waals surface area contributed by atoms with E-state index in [0.717, 1.165) is 38.0 Å². The van der Waals surface area contributed by atoms with Gasteiger partial charge >= 0.3 is 6.03 Å². The van der Waals surface area contributed by atoms with Crippen molar-refractivity contribution in [3.8, 4) is 0 Å². The number of carbonyl (C=O) groups is 2. The first-order valence-corrected chi connectivity index (χ1v) is 8.42. The topological polar surface area (TPSA) is 65.5 Å². The number of aromatic nitrogens is 1. The second kappa shape index (κ2) is 6.98. The largest absolute Gasteiger partial charge is 0.326 e. The molecule has 1 aromatic rings. The number of carbonyl (C=O) groups excluding carboxylic acids is 2. The van der Waals surface area contributed by atoms with Crippen molar-refractivity contribution in [1.29, 1.82) is 0 Å². The van der Waals surface area contributed by atoms with E-state index in [1.807, 2.05) is 17.0 Å². The lowest BCUT2D eigenvalue weighted by atomic mass is 9.99. The highest BCUT2D eigenvalue weighted by atomic mass is 16.2. The lowest BCUT2D eigenvalue weighted by Gasteiger charge is -2.35. The van der Waals surface area contributed by atoms with Crippen LogP contribution >= 0.6 is 0 Å². The molecule has 0 bridgehead atoms. The van der Waals surface area contributed by atoms with Gasteiger partial charge in [0.1, 0.15) is 6.04 Å². The van der Waals surface area contributed by atoms with Crippen molar-refractivity contribution < 1.29 is 9.59 Å². The fourth-order valence-corrected chi connectivity index (χ4v) is 3.23. The number of anilines is 1. The summed E-state index contributed by atoms with van der Waals surface area (Å²) in [5, 5.41) is 2.93. The minimum Gasteiger partial charge on any atom is -0.326 e. The molecule has 124 valence electrons. The standard InChI is InChI=1S/C17H24N4O2/c1-13-6-10-20(11-7-13)17(23)19-15-5-3-9-21(16(15)22)14-4-2-8-18-12-14/h2,4,8,12-13,15H,3,5-7,9-11H2,1H3,(H,19,23)/t15-/m1/s1. The Kier molecular flexibility index (Phi) is 4.79. The number of hydrogen-bond donors (Lipinski definition) is 1. The molecular weight excluding hydrogens is 292 g/mol. The second-order valence-corrected chi connectivity index (χ2v) is 6.51. The first-order chi connectivity index (χ1) is 11.1. The van der Waals surface area contributed by atoms with Crippen molar-refractivity contribution in [3.05, 3.63) is 24.5 Å². The van der Waals surface area contributed by atoms with Crippen LogP contribution in [0.5, 0.6) is 0 Å². The van der Waals surface area contributed by atoms with Gasteiger partial charge in [0.25, 0.3) is 0 Å². The molecule has 2 fully saturated rings. The molecule has 6 nitrogen and oxygen atoms in total. The summed E-state index contributed by atoms with van der Waals surface area (Å²) >= 11 is 0. The van der Waals surface area contributed by atoms with Crippen LogP contribution in [0.2, 0.25) is 0 Å². The minimum atomic E-state index is -0.434. The maximum absolute atomic E-state index is 12.7. The maximum Gasteiger partial charge on any atom is 0.318 e. The number of amides is 3. The van der Waals surface area contributed by atoms with Crippen LogP contribution in [0.3, 0.4) is 0 Å². The molecule has 0 saturated carbocycles. The summed E-state index contributed by atoms with van der Waals surface area (Å²) in [5.74, 6) is 0.638. The number of piperidine rings is 2. The van der Waals surface area contributed by atoms with E-state index in [0.29, 0.717) is 18.9 Å². The molecule has 0 spiro atoms. The molecule has 0 unspecified atom stereocenters. The number of rotatable bonds is 2. The Hall–Kier alpha value is -2.11. The van der Waals surface area contributed by atoms with E-state index < -0.39 is 6.04 Å². The van der Waals surface area contributed by atoms with Gasteiger partial charge in [-0.25, -0.2) is 4.79 Å². The summed E-state index contributed by atoms with van der Waals surface area (Å²) < 4.78 is 0. The number of hydrogen-bond acceptors (Lipinski definition) is 3. The molecule has 0 radical (unpaired) electrons. The number of pyridine rings is 1. The maximum atomic E-state index is 12.7. The minimum absolute atomic E-state index is 0.0389. The van der Waals surface area contributed by atoms with Gasteiger partial charge in [-0.15, -0.1) is 0 Å². The number of nitrogens with one attached hydrogen (secondary N) is 1. The highest BCUT2D eigenvalue weighted by Crippen LogP contribution is 2.21. The normalized spacial score (nSPS) is 23.0. The molecule has 2 aliphatic heterocycles. The van der Waals surface area contributed by atoms with E-state index in [4.69, 9.17) is 0 Å². The summed E-state index contributed by atoms with van der Waals surface area (Å²) in [6, 6.07) is 3.15. The van der Waals surface area contributed by atoms with Crippen molar-refractivity contribution in [2.45, 2.75) is 38.6 Å². The third-order valence-corrected chi connectivity index (χ3v) is 4.76. The second-order valence-electron chi connectivity index (χ2n) is 6.51. The van der Waals surface area contributed by atoms with Crippen LogP contribution in [0, 0.1) is 5.92 Å². The summed E-state index contributed by atoms with van der Waals surface area (Å²) in [4.78, 5) is 32.7. The van der Waals surface area contributed by atoms with Gasteiger partial charge in [-0.3, -0.25) is 9.78 Å². The monoisotopic (exact) mass is 316 g/mol. The molecule has 2 aliphatic rings. The van der Waals surface area contributed by atoms with E-state index in [2.05, 4.69) is 17.2 Å². The van der Waals surface area contributed by atoms with E-state index in [1.165, 1.54) is 0 Å². The molecular formula is C17H24N4O2. The quantitative estimate of drug-likeness (QED) is 0.908. The van der Waals surface area contributed by atoms with Gasteiger partial charge in [0, 0.05) is 25.8 Å². The van der Waals surface area contributed by atoms with E-state index >= 15 is 0 Å². The lowest BCUT2D eigenvalue weighted by Crippen LogP contribution is -2.56. The van der Waals surface area contributed by atoms with Gasteiger partial charge in [-0.2, -0.15) is 0 Å². The van der Waals surface area contributed by atoms with Crippen LogP contribution in [0.25, 0.3) is 0 Å². The molecule has 6 heteroatoms. The summed E-state index contributed by atoms with van der Waals surface area (Å²) in [6.07, 6.45) is 7.03. The van der Waals surface area contributed by atoms with Crippen molar-refractivity contribution in [2.24, 2.45) is 5.92 Å². The van der Waals surface area contributed by atoms with Crippen LogP contribution in [0.1, 0.15) is 32.6 Å². The predicted octanol–water partition coefficient (Wildman–Crippen LogP) is 2.02. The molecule has 23 heavy (non-hydrogen) atoms. The third kappa shape index (κ3) is 3.63. The molecule has 3 rings (SSSR count). The van der Waals surface area contributed by atoms with Crippen molar-refractivity contribution >= 4 is 17.6 Å². The Balaban J connectivity index is 1.61. The summed E-state index contributed by atoms with van der Waals surface area (Å²) in [7, 11) is 0. The zero-order chi connectivity index (χ0) is 16.2. The molecule has 1 atom stereocenters. The fraction of sp³-hybridized carbons (Fsp3) is 0.588. The van der Waals surface area contributed by atoms with Gasteiger partial charge in [0.05, 0.1) is 11.9 Å². The number of urea groups is 1. The Morgan fingerprint density at radius 3 is 2.74 bits per heavy atom. The Morgan fingerprint density at radius 1 is 1.26 bits per heavy atom. The van der Waals surface area contributed by atoms with Crippen molar-refractivity contribution in [2.75, 3.05) is 24.5 Å². The Bertz CT molecular complexity index is 555. The first-order valence-electron chi connectivity index (χ1n) is 8.42. The van der Waals surface area contributed by atoms with Crippen LogP contribution < -0.4 is 10.2 Å². The molecule has 2 saturated heterocycles. The van der Waals surface area contributed by atoms with Gasteiger partial charge in [-0.1, -0.05) is 6.92 Å². The van der Waals surface area contributed by atoms with Crippen LogP contribution in [-0.4, -0.2) is 47.5 Å². The fourth-order valence-electron chi connectivity index (χ4n) is 3.23. The van der Waals surface area contributed by atoms with E-state index in [-0.39, 0.29) is 11.9 Å². The zero-order valence-electron chi connectivity index (χ0n) is 13.6. The number of likely N-dealkylation sites (tertiary alicyclic amines) is 1. The molecule has 1 aromatic heterocycles. The molecule has 3 heterocycles. The van der Waals surface area contributed by atoms with Gasteiger partial charge in [0.15, 0.2) is 0 Å². The smallest absolute Gasteiger partial charge is 0.318 e. The van der Waals surface area contributed by atoms with Crippen molar-refractivity contribution in [3.63, 3.8) is 0 Å². The van der Waals surface area contributed by atoms with Gasteiger partial charge in [0.2, 0.25) is 5.91 Å². The Labute approximate surface area is 136 Å². The van der Waals surface area contributed by atoms with Gasteiger partial charge in [-0.05, 0) is 43.7 Å². The summed E-state index contributed by atoms with van der Waals surface area (Å²) in [5.41, 5.74) is 0.795. The van der Waals surface area contributed by atoms with E-state index in [1.54, 1.807) is 17.3 Å². The van der Waals surface area contributed by atoms with Gasteiger partial charge < -0.3 is 15.1 Å².